The number of hydrogen-bond acceptors (Lipinski definition) is 2. The number of alkyl halides is 1. The Bertz CT molecular complexity index is 133. The molecule has 0 aromatic carbocycles. The van der Waals surface area contributed by atoms with Gasteiger partial charge in [0, 0.05) is 0 Å². The fourth-order valence-corrected chi connectivity index (χ4v) is 0.913. The van der Waals surface area contributed by atoms with E-state index in [9.17, 15) is 9.18 Å². The minimum atomic E-state index is -1.21. The van der Waals surface area contributed by atoms with Crippen LogP contribution in [0.25, 0.3) is 0 Å². The lowest BCUT2D eigenvalue weighted by Crippen LogP contribution is -2.36. The Kier molecular flexibility index (Phi) is 3.60. The van der Waals surface area contributed by atoms with E-state index in [2.05, 4.69) is 5.32 Å². The molecule has 60 valence electrons. The van der Waals surface area contributed by atoms with Gasteiger partial charge in [0.05, 0.1) is 0 Å². The molecule has 1 heterocycles. The van der Waals surface area contributed by atoms with Gasteiger partial charge in [-0.05, 0) is 13.0 Å². The molecular weight excluding hydrogens is 161 g/mol. The standard InChI is InChI=1S/C5H8FNO2.ClH/c6-3-1-2-7-4(3)5(8)9;/h3-4,7H,1-2H2,(H,8,9);1H/t3-,4-;/m1./s1. The van der Waals surface area contributed by atoms with Crippen LogP contribution in [0.4, 0.5) is 4.39 Å². The molecule has 0 saturated carbocycles. The minimum Gasteiger partial charge on any atom is -0.480 e. The highest BCUT2D eigenvalue weighted by Crippen LogP contribution is 2.10. The third-order valence-electron chi connectivity index (χ3n) is 1.41. The molecule has 0 aromatic rings. The first-order valence-electron chi connectivity index (χ1n) is 2.82. The van der Waals surface area contributed by atoms with Gasteiger partial charge in [-0.2, -0.15) is 0 Å². The van der Waals surface area contributed by atoms with Gasteiger partial charge in [0.1, 0.15) is 12.2 Å². The van der Waals surface area contributed by atoms with Gasteiger partial charge >= 0.3 is 5.97 Å². The van der Waals surface area contributed by atoms with Crippen molar-refractivity contribution in [3.63, 3.8) is 0 Å². The molecular formula is C5H9ClFNO2. The fourth-order valence-electron chi connectivity index (χ4n) is 0.913. The van der Waals surface area contributed by atoms with Gasteiger partial charge in [-0.25, -0.2) is 4.39 Å². The predicted octanol–water partition coefficient (Wildman–Crippen LogP) is 0.193. The van der Waals surface area contributed by atoms with Crippen molar-refractivity contribution < 1.29 is 14.3 Å². The second-order valence-corrected chi connectivity index (χ2v) is 2.07. The van der Waals surface area contributed by atoms with Crippen molar-refractivity contribution in [2.24, 2.45) is 0 Å². The monoisotopic (exact) mass is 169 g/mol. The maximum atomic E-state index is 12.4. The van der Waals surface area contributed by atoms with Crippen LogP contribution in [0.15, 0.2) is 0 Å². The lowest BCUT2D eigenvalue weighted by atomic mass is 10.2. The van der Waals surface area contributed by atoms with E-state index >= 15 is 0 Å². The van der Waals surface area contributed by atoms with Crippen LogP contribution in [0.3, 0.4) is 0 Å². The largest absolute Gasteiger partial charge is 0.480 e. The van der Waals surface area contributed by atoms with Gasteiger partial charge in [-0.1, -0.05) is 0 Å². The number of carboxylic acids is 1. The summed E-state index contributed by atoms with van der Waals surface area (Å²) in [5, 5.41) is 10.8. The maximum Gasteiger partial charge on any atom is 0.323 e. The first-order chi connectivity index (χ1) is 4.22. The summed E-state index contributed by atoms with van der Waals surface area (Å²) >= 11 is 0. The topological polar surface area (TPSA) is 49.3 Å². The van der Waals surface area contributed by atoms with Gasteiger partial charge < -0.3 is 10.4 Å². The molecule has 0 spiro atoms. The summed E-state index contributed by atoms with van der Waals surface area (Å²) in [5.41, 5.74) is 0. The second-order valence-electron chi connectivity index (χ2n) is 2.07. The molecule has 1 rings (SSSR count). The summed E-state index contributed by atoms with van der Waals surface area (Å²) in [5.74, 6) is -1.10. The van der Waals surface area contributed by atoms with E-state index in [-0.39, 0.29) is 12.4 Å². The first-order valence-corrected chi connectivity index (χ1v) is 2.82. The Labute approximate surface area is 64.0 Å². The summed E-state index contributed by atoms with van der Waals surface area (Å²) in [6.45, 7) is 0.470. The lowest BCUT2D eigenvalue weighted by molar-refractivity contribution is -0.140. The van der Waals surface area contributed by atoms with Crippen LogP contribution in [0.2, 0.25) is 0 Å². The smallest absolute Gasteiger partial charge is 0.323 e. The normalized spacial score (nSPS) is 31.3. The van der Waals surface area contributed by atoms with Gasteiger partial charge in [0.15, 0.2) is 0 Å². The van der Waals surface area contributed by atoms with E-state index in [1.807, 2.05) is 0 Å². The van der Waals surface area contributed by atoms with Crippen molar-refractivity contribution in [3.8, 4) is 0 Å². The number of rotatable bonds is 1. The van der Waals surface area contributed by atoms with Crippen LogP contribution in [0, 0.1) is 0 Å². The van der Waals surface area contributed by atoms with Crippen molar-refractivity contribution in [3.05, 3.63) is 0 Å². The van der Waals surface area contributed by atoms with Crippen LogP contribution in [0.5, 0.6) is 0 Å². The zero-order valence-electron chi connectivity index (χ0n) is 5.21. The first kappa shape index (κ1) is 9.65. The summed E-state index contributed by atoms with van der Waals surface area (Å²) in [4.78, 5) is 10.1. The molecule has 0 bridgehead atoms. The molecule has 3 nitrogen and oxygen atoms in total. The van der Waals surface area contributed by atoms with Crippen molar-refractivity contribution in [2.45, 2.75) is 18.6 Å². The maximum absolute atomic E-state index is 12.4. The molecule has 0 amide bonds. The Balaban J connectivity index is 0.000000810. The number of halogens is 2. The Hall–Kier alpha value is -0.350. The van der Waals surface area contributed by atoms with Gasteiger partial charge in [-0.3, -0.25) is 4.79 Å². The molecule has 0 aromatic heterocycles. The Morgan fingerprint density at radius 2 is 2.30 bits per heavy atom. The highest BCUT2D eigenvalue weighted by Gasteiger charge is 2.32. The molecule has 0 unspecified atom stereocenters. The van der Waals surface area contributed by atoms with Gasteiger partial charge in [0.2, 0.25) is 0 Å². The van der Waals surface area contributed by atoms with Gasteiger partial charge in [-0.15, -0.1) is 12.4 Å². The number of carbonyl (C=O) groups is 1. The number of hydrogen-bond donors (Lipinski definition) is 2. The average molecular weight is 170 g/mol. The quantitative estimate of drug-likeness (QED) is 0.589. The minimum absolute atomic E-state index is 0. The molecule has 1 aliphatic heterocycles. The van der Waals surface area contributed by atoms with E-state index in [1.54, 1.807) is 0 Å². The van der Waals surface area contributed by atoms with Crippen LogP contribution < -0.4 is 5.32 Å². The van der Waals surface area contributed by atoms with Crippen LogP contribution in [-0.2, 0) is 4.79 Å². The van der Waals surface area contributed by atoms with Crippen molar-refractivity contribution in [1.82, 2.24) is 5.32 Å². The molecule has 5 heteroatoms. The highest BCUT2D eigenvalue weighted by atomic mass is 35.5. The predicted molar refractivity (Wildman–Crippen MR) is 36.2 cm³/mol. The third kappa shape index (κ3) is 1.82. The summed E-state index contributed by atoms with van der Waals surface area (Å²) < 4.78 is 12.4. The zero-order chi connectivity index (χ0) is 6.85. The Morgan fingerprint density at radius 1 is 1.70 bits per heavy atom. The molecule has 0 radical (unpaired) electrons. The van der Waals surface area contributed by atoms with E-state index in [0.29, 0.717) is 13.0 Å². The third-order valence-corrected chi connectivity index (χ3v) is 1.41. The zero-order valence-corrected chi connectivity index (χ0v) is 6.03. The summed E-state index contributed by atoms with van der Waals surface area (Å²) in [6.07, 6.45) is -0.890. The summed E-state index contributed by atoms with van der Waals surface area (Å²) in [7, 11) is 0. The van der Waals surface area contributed by atoms with E-state index in [0.717, 1.165) is 0 Å². The van der Waals surface area contributed by atoms with E-state index in [1.165, 1.54) is 0 Å². The second kappa shape index (κ2) is 3.73. The highest BCUT2D eigenvalue weighted by molar-refractivity contribution is 5.85. The Morgan fingerprint density at radius 3 is 2.50 bits per heavy atom. The van der Waals surface area contributed by atoms with Gasteiger partial charge in [0.25, 0.3) is 0 Å². The van der Waals surface area contributed by atoms with Crippen molar-refractivity contribution in [2.75, 3.05) is 6.54 Å². The number of carboxylic acid groups (broad SMARTS) is 1. The molecule has 1 fully saturated rings. The molecule has 2 N–H and O–H groups in total. The van der Waals surface area contributed by atoms with E-state index in [4.69, 9.17) is 5.11 Å². The average Bonchev–Trinajstić information content (AvgIpc) is 2.13. The molecule has 2 atom stereocenters. The fraction of sp³-hybridized carbons (Fsp3) is 0.800. The molecule has 10 heavy (non-hydrogen) atoms. The van der Waals surface area contributed by atoms with Crippen LogP contribution in [-0.4, -0.2) is 29.8 Å². The number of aliphatic carboxylic acids is 1. The van der Waals surface area contributed by atoms with Crippen molar-refractivity contribution in [1.29, 1.82) is 0 Å². The van der Waals surface area contributed by atoms with E-state index < -0.39 is 18.2 Å². The number of nitrogens with one attached hydrogen (secondary N) is 1. The molecule has 0 aliphatic carbocycles. The summed E-state index contributed by atoms with van der Waals surface area (Å²) in [6, 6.07) is -0.968. The van der Waals surface area contributed by atoms with Crippen molar-refractivity contribution >= 4 is 18.4 Å². The van der Waals surface area contributed by atoms with Crippen LogP contribution >= 0.6 is 12.4 Å². The molecule has 1 aliphatic rings. The SMILES string of the molecule is Cl.O=C(O)[C@@H]1NCC[C@H]1F. The lowest BCUT2D eigenvalue weighted by Gasteiger charge is -2.04. The molecule has 1 saturated heterocycles. The van der Waals surface area contributed by atoms with Crippen LogP contribution in [0.1, 0.15) is 6.42 Å².